The molecule has 0 saturated carbocycles. The number of methoxy groups -OCH3 is 2. The fraction of sp³-hybridized carbons (Fsp3) is 0.294. The van der Waals surface area contributed by atoms with Crippen molar-refractivity contribution in [2.75, 3.05) is 27.3 Å². The second-order valence-electron chi connectivity index (χ2n) is 11.0. The number of aromatic nitrogens is 3. The highest BCUT2D eigenvalue weighted by Crippen LogP contribution is 2.28. The zero-order valence-corrected chi connectivity index (χ0v) is 24.5. The number of hydrogen-bond donors (Lipinski definition) is 1. The number of hydrogen-bond acceptors (Lipinski definition) is 6. The SMILES string of the molecule is COc1ccc(CCn2c(=N)c(C(=O)N3CCC(Cc4ccccc4)CC3)cc3c(=O)n4ccccc4nc32)cc1OC. The lowest BCUT2D eigenvalue weighted by Gasteiger charge is -2.32. The molecule has 9 heteroatoms. The van der Waals surface area contributed by atoms with Gasteiger partial charge in [0.2, 0.25) is 0 Å². The molecule has 1 fully saturated rings. The molecule has 3 aromatic heterocycles. The largest absolute Gasteiger partial charge is 0.493 e. The van der Waals surface area contributed by atoms with E-state index in [1.165, 1.54) is 9.96 Å². The molecule has 220 valence electrons. The zero-order chi connectivity index (χ0) is 29.9. The van der Waals surface area contributed by atoms with E-state index in [4.69, 9.17) is 14.5 Å². The van der Waals surface area contributed by atoms with Gasteiger partial charge in [0.05, 0.1) is 25.2 Å². The Bertz CT molecular complexity index is 1910. The van der Waals surface area contributed by atoms with Crippen LogP contribution in [0.4, 0.5) is 0 Å². The quantitative estimate of drug-likeness (QED) is 0.274. The maximum absolute atomic E-state index is 13.9. The summed E-state index contributed by atoms with van der Waals surface area (Å²) < 4.78 is 14.0. The molecule has 1 saturated heterocycles. The average Bonchev–Trinajstić information content (AvgIpc) is 3.05. The van der Waals surface area contributed by atoms with Crippen molar-refractivity contribution in [2.24, 2.45) is 5.92 Å². The molecule has 0 unspecified atom stereocenters. The standard InChI is InChI=1S/C34H35N5O4/c1-42-28-12-11-24(21-29(28)43-2)15-19-39-31(35)26(22-27-32(39)36-30-10-6-7-16-38(30)34(27)41)33(40)37-17-13-25(14-18-37)20-23-8-4-3-5-9-23/h3-12,16,21-22,25,35H,13-15,17-20H2,1-2H3. The molecule has 0 spiro atoms. The Labute approximate surface area is 249 Å². The molecule has 1 aliphatic rings. The molecule has 1 aliphatic heterocycles. The van der Waals surface area contributed by atoms with Gasteiger partial charge in [-0.1, -0.05) is 42.5 Å². The summed E-state index contributed by atoms with van der Waals surface area (Å²) >= 11 is 0. The van der Waals surface area contributed by atoms with Gasteiger partial charge in [-0.05, 0) is 73.1 Å². The topological polar surface area (TPSA) is 102 Å². The number of carbonyl (C=O) groups is 1. The molecular weight excluding hydrogens is 542 g/mol. The van der Waals surface area contributed by atoms with E-state index in [0.717, 1.165) is 24.8 Å². The van der Waals surface area contributed by atoms with Crippen molar-refractivity contribution in [3.05, 3.63) is 112 Å². The van der Waals surface area contributed by atoms with Crippen LogP contribution in [0, 0.1) is 11.3 Å². The average molecular weight is 578 g/mol. The van der Waals surface area contributed by atoms with Gasteiger partial charge >= 0.3 is 0 Å². The normalized spacial score (nSPS) is 13.9. The van der Waals surface area contributed by atoms with Crippen molar-refractivity contribution >= 4 is 22.6 Å². The van der Waals surface area contributed by atoms with Crippen molar-refractivity contribution in [3.8, 4) is 11.5 Å². The number of nitrogens with one attached hydrogen (secondary N) is 1. The van der Waals surface area contributed by atoms with Crippen LogP contribution in [0.2, 0.25) is 0 Å². The summed E-state index contributed by atoms with van der Waals surface area (Å²) in [6, 6.07) is 23.1. The molecule has 9 nitrogen and oxygen atoms in total. The Hall–Kier alpha value is -4.92. The van der Waals surface area contributed by atoms with E-state index in [1.807, 2.05) is 35.2 Å². The van der Waals surface area contributed by atoms with E-state index in [1.54, 1.807) is 43.2 Å². The Kier molecular flexibility index (Phi) is 7.96. The molecule has 2 aromatic carbocycles. The first-order valence-corrected chi connectivity index (χ1v) is 14.6. The number of fused-ring (bicyclic) bond motifs is 2. The van der Waals surface area contributed by atoms with E-state index in [0.29, 0.717) is 60.2 Å². The van der Waals surface area contributed by atoms with Crippen molar-refractivity contribution in [3.63, 3.8) is 0 Å². The number of benzene rings is 2. The van der Waals surface area contributed by atoms with Crippen molar-refractivity contribution < 1.29 is 14.3 Å². The molecular formula is C34H35N5O4. The molecule has 0 atom stereocenters. The predicted octanol–water partition coefficient (Wildman–Crippen LogP) is 4.48. The van der Waals surface area contributed by atoms with Crippen LogP contribution in [0.3, 0.4) is 0 Å². The van der Waals surface area contributed by atoms with Crippen LogP contribution >= 0.6 is 0 Å². The first-order valence-electron chi connectivity index (χ1n) is 14.6. The second-order valence-corrected chi connectivity index (χ2v) is 11.0. The molecule has 0 radical (unpaired) electrons. The van der Waals surface area contributed by atoms with Crippen molar-refractivity contribution in [2.45, 2.75) is 32.2 Å². The van der Waals surface area contributed by atoms with E-state index in [2.05, 4.69) is 24.3 Å². The number of amides is 1. The molecule has 5 aromatic rings. The third-order valence-corrected chi connectivity index (χ3v) is 8.39. The van der Waals surface area contributed by atoms with Crippen LogP contribution in [0.5, 0.6) is 11.5 Å². The molecule has 1 amide bonds. The van der Waals surface area contributed by atoms with Gasteiger partial charge in [0, 0.05) is 25.8 Å². The second kappa shape index (κ2) is 12.1. The highest BCUT2D eigenvalue weighted by atomic mass is 16.5. The van der Waals surface area contributed by atoms with Gasteiger partial charge in [-0.2, -0.15) is 0 Å². The minimum atomic E-state index is -0.268. The molecule has 1 N–H and O–H groups in total. The third-order valence-electron chi connectivity index (χ3n) is 8.39. The number of carbonyl (C=O) groups excluding carboxylic acids is 1. The summed E-state index contributed by atoms with van der Waals surface area (Å²) in [7, 11) is 3.18. The van der Waals surface area contributed by atoms with E-state index in [9.17, 15) is 15.0 Å². The lowest BCUT2D eigenvalue weighted by Crippen LogP contribution is -2.42. The monoisotopic (exact) mass is 577 g/mol. The predicted molar refractivity (Wildman–Crippen MR) is 165 cm³/mol. The lowest BCUT2D eigenvalue weighted by atomic mass is 9.90. The Morgan fingerprint density at radius 3 is 2.42 bits per heavy atom. The summed E-state index contributed by atoms with van der Waals surface area (Å²) in [5.41, 5.74) is 3.15. The summed E-state index contributed by atoms with van der Waals surface area (Å²) in [6.07, 6.45) is 5.00. The van der Waals surface area contributed by atoms with Gasteiger partial charge in [-0.15, -0.1) is 0 Å². The van der Waals surface area contributed by atoms with Gasteiger partial charge < -0.3 is 18.9 Å². The Morgan fingerprint density at radius 1 is 0.930 bits per heavy atom. The van der Waals surface area contributed by atoms with E-state index >= 15 is 0 Å². The van der Waals surface area contributed by atoms with Crippen LogP contribution in [-0.4, -0.2) is 52.1 Å². The van der Waals surface area contributed by atoms with Crippen LogP contribution in [0.25, 0.3) is 16.7 Å². The smallest absolute Gasteiger partial charge is 0.267 e. The lowest BCUT2D eigenvalue weighted by molar-refractivity contribution is 0.0687. The minimum absolute atomic E-state index is 0.0524. The van der Waals surface area contributed by atoms with Gasteiger partial charge in [-0.25, -0.2) is 4.98 Å². The summed E-state index contributed by atoms with van der Waals surface area (Å²) in [5, 5.41) is 9.49. The van der Waals surface area contributed by atoms with Crippen molar-refractivity contribution in [1.82, 2.24) is 18.9 Å². The maximum atomic E-state index is 13.9. The van der Waals surface area contributed by atoms with E-state index in [-0.39, 0.29) is 22.5 Å². The number of nitrogens with zero attached hydrogens (tertiary/aromatic N) is 4. The maximum Gasteiger partial charge on any atom is 0.267 e. The minimum Gasteiger partial charge on any atom is -0.493 e. The molecule has 43 heavy (non-hydrogen) atoms. The van der Waals surface area contributed by atoms with E-state index < -0.39 is 0 Å². The number of aryl methyl sites for hydroxylation is 2. The highest BCUT2D eigenvalue weighted by Gasteiger charge is 2.26. The number of likely N-dealkylation sites (tertiary alicyclic amines) is 1. The Balaban J connectivity index is 1.34. The third kappa shape index (κ3) is 5.62. The molecule has 0 aliphatic carbocycles. The fourth-order valence-electron chi connectivity index (χ4n) is 6.00. The highest BCUT2D eigenvalue weighted by molar-refractivity contribution is 5.97. The Morgan fingerprint density at radius 2 is 1.67 bits per heavy atom. The van der Waals surface area contributed by atoms with Crippen LogP contribution < -0.4 is 20.5 Å². The number of piperidine rings is 1. The summed E-state index contributed by atoms with van der Waals surface area (Å²) in [6.45, 7) is 1.59. The van der Waals surface area contributed by atoms with Gasteiger partial charge in [0.25, 0.3) is 11.5 Å². The van der Waals surface area contributed by atoms with Crippen LogP contribution in [-0.2, 0) is 19.4 Å². The van der Waals surface area contributed by atoms with Crippen LogP contribution in [0.15, 0.2) is 83.8 Å². The first kappa shape index (κ1) is 28.2. The number of ether oxygens (including phenoxy) is 2. The zero-order valence-electron chi connectivity index (χ0n) is 24.5. The summed E-state index contributed by atoms with van der Waals surface area (Å²) in [5.74, 6) is 1.53. The van der Waals surface area contributed by atoms with Gasteiger partial charge in [0.15, 0.2) is 11.5 Å². The molecule has 6 rings (SSSR count). The van der Waals surface area contributed by atoms with Crippen molar-refractivity contribution in [1.29, 1.82) is 5.41 Å². The fourth-order valence-corrected chi connectivity index (χ4v) is 6.00. The molecule has 0 bridgehead atoms. The van der Waals surface area contributed by atoms with Gasteiger partial charge in [-0.3, -0.25) is 19.4 Å². The summed E-state index contributed by atoms with van der Waals surface area (Å²) in [4.78, 5) is 34.2. The number of pyridine rings is 2. The first-order chi connectivity index (χ1) is 21.0. The molecule has 4 heterocycles. The number of rotatable bonds is 8. The van der Waals surface area contributed by atoms with Crippen LogP contribution in [0.1, 0.15) is 34.3 Å². The van der Waals surface area contributed by atoms with Gasteiger partial charge in [0.1, 0.15) is 16.8 Å².